The molecule has 0 radical (unpaired) electrons. The third-order valence-electron chi connectivity index (χ3n) is 6.27. The number of carbonyl (C=O) groups excluding carboxylic acids is 4. The van der Waals surface area contributed by atoms with Gasteiger partial charge in [-0.25, -0.2) is 4.39 Å². The predicted octanol–water partition coefficient (Wildman–Crippen LogP) is 5.02. The average molecular weight is 642 g/mol. The largest absolute Gasteiger partial charge is 0.497 e. The van der Waals surface area contributed by atoms with Gasteiger partial charge in [0.2, 0.25) is 11.8 Å². The Balaban J connectivity index is 1.96. The molecule has 8 nitrogen and oxygen atoms in total. The lowest BCUT2D eigenvalue weighted by Gasteiger charge is -2.27. The number of rotatable bonds is 12. The number of carbonyl (C=O) groups is 4. The number of hydrogen-bond donors (Lipinski definition) is 3. The van der Waals surface area contributed by atoms with E-state index in [2.05, 4.69) is 16.0 Å². The number of amides is 3. The number of nitrogens with one attached hydrogen (secondary N) is 3. The molecule has 0 aliphatic carbocycles. The van der Waals surface area contributed by atoms with Crippen molar-refractivity contribution in [3.05, 3.63) is 86.8 Å². The Morgan fingerprint density at radius 1 is 0.930 bits per heavy atom. The van der Waals surface area contributed by atoms with E-state index in [0.29, 0.717) is 15.6 Å². The Hall–Kier alpha value is -3.97. The van der Waals surface area contributed by atoms with E-state index in [-0.39, 0.29) is 16.9 Å². The first kappa shape index (κ1) is 33.5. The van der Waals surface area contributed by atoms with E-state index >= 15 is 0 Å². The summed E-state index contributed by atoms with van der Waals surface area (Å²) in [5, 5.41) is 7.14. The van der Waals surface area contributed by atoms with Crippen LogP contribution in [0, 0.1) is 11.7 Å². The number of ketones is 1. The third-order valence-corrected chi connectivity index (χ3v) is 7.50. The van der Waals surface area contributed by atoms with Gasteiger partial charge >= 0.3 is 6.18 Å². The summed E-state index contributed by atoms with van der Waals surface area (Å²) in [7, 11) is 1.40. The van der Waals surface area contributed by atoms with Gasteiger partial charge in [-0.3, -0.25) is 19.2 Å². The van der Waals surface area contributed by atoms with Gasteiger partial charge in [-0.1, -0.05) is 49.7 Å². The molecule has 0 fully saturated rings. The van der Waals surface area contributed by atoms with E-state index in [0.717, 1.165) is 17.4 Å². The lowest BCUT2D eigenvalue weighted by atomic mass is 9.97. The van der Waals surface area contributed by atoms with Crippen LogP contribution in [-0.4, -0.2) is 48.9 Å². The number of alkyl halides is 3. The van der Waals surface area contributed by atoms with Crippen molar-refractivity contribution >= 4 is 46.4 Å². The first-order valence-corrected chi connectivity index (χ1v) is 14.1. The van der Waals surface area contributed by atoms with Crippen molar-refractivity contribution in [2.75, 3.05) is 7.11 Å². The van der Waals surface area contributed by atoms with Crippen LogP contribution in [0.15, 0.2) is 60.7 Å². The Kier molecular flexibility index (Phi) is 11.3. The van der Waals surface area contributed by atoms with Crippen LogP contribution >= 0.6 is 22.9 Å². The standard InChI is InChI=1S/C29H28ClF4N3O5S/c1-15(2)23(25(38)29(32,33)34)36-28(41)24(17-7-9-19(42-3)10-8-17)37-26(39)20(14-16-5-4-6-18(31)13-16)35-27(40)21-11-12-22(30)43-21/h4-13,15,20,23-24H,14H2,1-3H3,(H,35,40)(H,36,41)(H,37,39)/t20?,23-,24?/m0/s1. The summed E-state index contributed by atoms with van der Waals surface area (Å²) in [6.07, 6.45) is -5.42. The molecule has 0 saturated carbocycles. The Morgan fingerprint density at radius 3 is 2.14 bits per heavy atom. The molecule has 0 bridgehead atoms. The van der Waals surface area contributed by atoms with E-state index in [9.17, 15) is 36.7 Å². The maximum absolute atomic E-state index is 13.9. The van der Waals surface area contributed by atoms with E-state index in [4.69, 9.17) is 16.3 Å². The van der Waals surface area contributed by atoms with Crippen LogP contribution in [0.2, 0.25) is 4.34 Å². The van der Waals surface area contributed by atoms with Gasteiger partial charge in [-0.05, 0) is 53.4 Å². The Bertz CT molecular complexity index is 1460. The summed E-state index contributed by atoms with van der Waals surface area (Å²) in [5.41, 5.74) is 0.486. The highest BCUT2D eigenvalue weighted by atomic mass is 35.5. The van der Waals surface area contributed by atoms with Crippen LogP contribution in [0.3, 0.4) is 0 Å². The van der Waals surface area contributed by atoms with Gasteiger partial charge in [0.05, 0.1) is 22.4 Å². The first-order chi connectivity index (χ1) is 20.2. The second-order valence-electron chi connectivity index (χ2n) is 9.77. The van der Waals surface area contributed by atoms with E-state index < -0.39 is 59.5 Å². The predicted molar refractivity (Wildman–Crippen MR) is 152 cm³/mol. The van der Waals surface area contributed by atoms with Gasteiger partial charge in [0.15, 0.2) is 0 Å². The van der Waals surface area contributed by atoms with Crippen LogP contribution in [0.4, 0.5) is 17.6 Å². The zero-order valence-corrected chi connectivity index (χ0v) is 24.7. The van der Waals surface area contributed by atoms with Crippen molar-refractivity contribution in [3.63, 3.8) is 0 Å². The molecule has 0 spiro atoms. The normalized spacial score (nSPS) is 13.5. The summed E-state index contributed by atoms with van der Waals surface area (Å²) >= 11 is 6.88. The van der Waals surface area contributed by atoms with Crippen LogP contribution < -0.4 is 20.7 Å². The highest BCUT2D eigenvalue weighted by Gasteiger charge is 2.45. The highest BCUT2D eigenvalue weighted by molar-refractivity contribution is 7.18. The van der Waals surface area contributed by atoms with Crippen LogP contribution in [-0.2, 0) is 20.8 Å². The topological polar surface area (TPSA) is 114 Å². The monoisotopic (exact) mass is 641 g/mol. The number of thiophene rings is 1. The van der Waals surface area contributed by atoms with Crippen LogP contribution in [0.25, 0.3) is 0 Å². The van der Waals surface area contributed by atoms with Crippen molar-refractivity contribution in [2.45, 2.75) is 44.6 Å². The van der Waals surface area contributed by atoms with Gasteiger partial charge in [-0.2, -0.15) is 13.2 Å². The fraction of sp³-hybridized carbons (Fsp3) is 0.310. The molecular weight excluding hydrogens is 614 g/mol. The lowest BCUT2D eigenvalue weighted by Crippen LogP contribution is -2.55. The number of halogens is 5. The van der Waals surface area contributed by atoms with Gasteiger partial charge in [0.25, 0.3) is 11.7 Å². The number of Topliss-reactive ketones (excluding diaryl/α,β-unsaturated/α-hetero) is 1. The summed E-state index contributed by atoms with van der Waals surface area (Å²) in [6, 6.07) is 9.10. The highest BCUT2D eigenvalue weighted by Crippen LogP contribution is 2.24. The molecule has 3 N–H and O–H groups in total. The van der Waals surface area contributed by atoms with Crippen LogP contribution in [0.1, 0.15) is 40.7 Å². The van der Waals surface area contributed by atoms with Gasteiger partial charge in [0.1, 0.15) is 23.7 Å². The number of hydrogen-bond acceptors (Lipinski definition) is 6. The van der Waals surface area contributed by atoms with Crippen molar-refractivity contribution in [3.8, 4) is 5.75 Å². The summed E-state index contributed by atoms with van der Waals surface area (Å²) < 4.78 is 59.2. The third kappa shape index (κ3) is 9.26. The molecule has 2 aromatic carbocycles. The molecule has 3 atom stereocenters. The SMILES string of the molecule is COc1ccc(C(NC(=O)C(Cc2cccc(F)c2)NC(=O)c2ccc(Cl)s2)C(=O)N[C@H](C(=O)C(F)(F)F)C(C)C)cc1. The van der Waals surface area contributed by atoms with Crippen LogP contribution in [0.5, 0.6) is 5.75 Å². The number of ether oxygens (including phenoxy) is 1. The number of benzene rings is 2. The van der Waals surface area contributed by atoms with E-state index in [1.54, 1.807) is 0 Å². The van der Waals surface area contributed by atoms with Crippen molar-refractivity contribution < 1.29 is 41.5 Å². The molecule has 14 heteroatoms. The Morgan fingerprint density at radius 2 is 1.60 bits per heavy atom. The minimum absolute atomic E-state index is 0.148. The smallest absolute Gasteiger partial charge is 0.452 e. The molecule has 1 aromatic heterocycles. The minimum Gasteiger partial charge on any atom is -0.497 e. The van der Waals surface area contributed by atoms with E-state index in [1.165, 1.54) is 75.6 Å². The van der Waals surface area contributed by atoms with Gasteiger partial charge < -0.3 is 20.7 Å². The summed E-state index contributed by atoms with van der Waals surface area (Å²) in [4.78, 5) is 52.2. The second-order valence-corrected chi connectivity index (χ2v) is 11.5. The molecule has 3 aromatic rings. The van der Waals surface area contributed by atoms with Crippen molar-refractivity contribution in [1.82, 2.24) is 16.0 Å². The fourth-order valence-electron chi connectivity index (χ4n) is 4.06. The maximum atomic E-state index is 13.9. The Labute approximate surface area is 253 Å². The first-order valence-electron chi connectivity index (χ1n) is 12.9. The quantitative estimate of drug-likeness (QED) is 0.241. The molecule has 3 amide bonds. The molecule has 0 aliphatic heterocycles. The van der Waals surface area contributed by atoms with Gasteiger partial charge in [-0.15, -0.1) is 11.3 Å². The zero-order valence-electron chi connectivity index (χ0n) is 23.1. The maximum Gasteiger partial charge on any atom is 0.452 e. The van der Waals surface area contributed by atoms with Crippen molar-refractivity contribution in [1.29, 1.82) is 0 Å². The zero-order chi connectivity index (χ0) is 31.9. The molecule has 0 saturated heterocycles. The molecule has 0 aliphatic rings. The molecule has 3 rings (SSSR count). The van der Waals surface area contributed by atoms with Crippen molar-refractivity contribution in [2.24, 2.45) is 5.92 Å². The molecule has 1 heterocycles. The molecular formula is C29H28ClF4N3O5S. The second kappa shape index (κ2) is 14.5. The van der Waals surface area contributed by atoms with Gasteiger partial charge in [0, 0.05) is 6.42 Å². The molecule has 43 heavy (non-hydrogen) atoms. The summed E-state index contributed by atoms with van der Waals surface area (Å²) in [5.74, 6) is -5.96. The summed E-state index contributed by atoms with van der Waals surface area (Å²) in [6.45, 7) is 2.66. The van der Waals surface area contributed by atoms with E-state index in [1.807, 2.05) is 0 Å². The molecule has 230 valence electrons. The molecule has 2 unspecified atom stereocenters. The minimum atomic E-state index is -5.22. The fourth-order valence-corrected chi connectivity index (χ4v) is 5.01. The average Bonchev–Trinajstić information content (AvgIpc) is 3.39. The number of methoxy groups -OCH3 is 1. The lowest BCUT2D eigenvalue weighted by molar-refractivity contribution is -0.175.